The molecule has 1 aromatic heterocycles. The highest BCUT2D eigenvalue weighted by Gasteiger charge is 2.21. The monoisotopic (exact) mass is 233 g/mol. The number of hydrogen-bond donors (Lipinski definition) is 1. The number of rotatable bonds is 6. The smallest absolute Gasteiger partial charge is 0.126 e. The molecular weight excluding hydrogens is 210 g/mol. The first-order valence-electron chi connectivity index (χ1n) is 6.69. The first-order valence-corrected chi connectivity index (χ1v) is 6.69. The molecule has 3 heteroatoms. The van der Waals surface area contributed by atoms with Crippen LogP contribution in [0, 0.1) is 0 Å². The molecule has 0 aliphatic heterocycles. The highest BCUT2D eigenvalue weighted by molar-refractivity contribution is 5.35. The van der Waals surface area contributed by atoms with Gasteiger partial charge in [-0.05, 0) is 38.4 Å². The van der Waals surface area contributed by atoms with Gasteiger partial charge in [0.2, 0.25) is 0 Å². The molecule has 94 valence electrons. The predicted octanol–water partition coefficient (Wildman–Crippen LogP) is 2.89. The van der Waals surface area contributed by atoms with E-state index in [-0.39, 0.29) is 0 Å². The van der Waals surface area contributed by atoms with Gasteiger partial charge >= 0.3 is 0 Å². The molecular formula is C14H23N3. The van der Waals surface area contributed by atoms with E-state index in [1.54, 1.807) is 0 Å². The summed E-state index contributed by atoms with van der Waals surface area (Å²) in [6, 6.07) is 7.04. The maximum atomic E-state index is 4.64. The number of anilines is 1. The van der Waals surface area contributed by atoms with Crippen LogP contribution in [0.15, 0.2) is 18.2 Å². The largest absolute Gasteiger partial charge is 0.370 e. The van der Waals surface area contributed by atoms with Crippen LogP contribution in [-0.2, 0) is 6.54 Å². The first kappa shape index (κ1) is 12.4. The van der Waals surface area contributed by atoms with E-state index in [4.69, 9.17) is 0 Å². The van der Waals surface area contributed by atoms with Gasteiger partial charge in [0.15, 0.2) is 0 Å². The topological polar surface area (TPSA) is 28.2 Å². The number of hydrogen-bond acceptors (Lipinski definition) is 3. The highest BCUT2D eigenvalue weighted by atomic mass is 15.1. The number of nitrogens with one attached hydrogen (secondary N) is 1. The van der Waals surface area contributed by atoms with E-state index in [2.05, 4.69) is 41.3 Å². The first-order chi connectivity index (χ1) is 8.29. The molecule has 1 fully saturated rings. The van der Waals surface area contributed by atoms with Gasteiger partial charge in [-0.25, -0.2) is 4.98 Å². The molecule has 0 atom stereocenters. The molecule has 0 amide bonds. The van der Waals surface area contributed by atoms with Gasteiger partial charge < -0.3 is 5.32 Å². The molecule has 2 rings (SSSR count). The van der Waals surface area contributed by atoms with Crippen LogP contribution in [0.4, 0.5) is 5.82 Å². The second kappa shape index (κ2) is 6.01. The van der Waals surface area contributed by atoms with Gasteiger partial charge in [0.25, 0.3) is 0 Å². The lowest BCUT2D eigenvalue weighted by molar-refractivity contribution is 0.151. The molecule has 1 saturated carbocycles. The fraction of sp³-hybridized carbons (Fsp3) is 0.643. The van der Waals surface area contributed by atoms with Crippen LogP contribution in [0.3, 0.4) is 0 Å². The Morgan fingerprint density at radius 2 is 2.24 bits per heavy atom. The van der Waals surface area contributed by atoms with Gasteiger partial charge in [0.05, 0.1) is 5.69 Å². The lowest BCUT2D eigenvalue weighted by Gasteiger charge is -2.34. The molecule has 0 spiro atoms. The van der Waals surface area contributed by atoms with Crippen LogP contribution >= 0.6 is 0 Å². The molecule has 17 heavy (non-hydrogen) atoms. The third kappa shape index (κ3) is 3.43. The molecule has 0 saturated heterocycles. The molecule has 1 aliphatic carbocycles. The van der Waals surface area contributed by atoms with E-state index >= 15 is 0 Å². The van der Waals surface area contributed by atoms with E-state index in [9.17, 15) is 0 Å². The molecule has 1 heterocycles. The Balaban J connectivity index is 1.90. The van der Waals surface area contributed by atoms with Gasteiger partial charge in [0, 0.05) is 19.1 Å². The Kier molecular flexibility index (Phi) is 4.37. The van der Waals surface area contributed by atoms with Gasteiger partial charge in [-0.15, -0.1) is 0 Å². The average molecular weight is 233 g/mol. The summed E-state index contributed by atoms with van der Waals surface area (Å²) in [7, 11) is 2.21. The standard InChI is InChI=1S/C14H23N3/c1-3-10-15-14-9-4-6-12(16-14)11-17(2)13-7-5-8-13/h4,6,9,13H,3,5,7-8,10-11H2,1-2H3,(H,15,16). The van der Waals surface area contributed by atoms with Crippen molar-refractivity contribution >= 4 is 5.82 Å². The fourth-order valence-corrected chi connectivity index (χ4v) is 2.13. The second-order valence-electron chi connectivity index (χ2n) is 4.94. The van der Waals surface area contributed by atoms with Crippen LogP contribution in [0.5, 0.6) is 0 Å². The van der Waals surface area contributed by atoms with Crippen molar-refractivity contribution in [3.63, 3.8) is 0 Å². The molecule has 1 N–H and O–H groups in total. The number of pyridine rings is 1. The minimum atomic E-state index is 0.782. The summed E-state index contributed by atoms with van der Waals surface area (Å²) in [5, 5.41) is 3.34. The molecule has 0 unspecified atom stereocenters. The van der Waals surface area contributed by atoms with E-state index in [1.165, 1.54) is 25.0 Å². The number of aromatic nitrogens is 1. The van der Waals surface area contributed by atoms with Crippen molar-refractivity contribution in [2.75, 3.05) is 18.9 Å². The quantitative estimate of drug-likeness (QED) is 0.819. The van der Waals surface area contributed by atoms with Crippen molar-refractivity contribution in [2.24, 2.45) is 0 Å². The third-order valence-corrected chi connectivity index (χ3v) is 3.47. The van der Waals surface area contributed by atoms with E-state index < -0.39 is 0 Å². The summed E-state index contributed by atoms with van der Waals surface area (Å²) in [6.45, 7) is 4.13. The molecule has 3 nitrogen and oxygen atoms in total. The van der Waals surface area contributed by atoms with Crippen LogP contribution in [0.2, 0.25) is 0 Å². The number of nitrogens with zero attached hydrogens (tertiary/aromatic N) is 2. The van der Waals surface area contributed by atoms with Crippen molar-refractivity contribution in [3.05, 3.63) is 23.9 Å². The summed E-state index contributed by atoms with van der Waals surface area (Å²) in [4.78, 5) is 7.06. The lowest BCUT2D eigenvalue weighted by Crippen LogP contribution is -2.36. The van der Waals surface area contributed by atoms with Crippen molar-refractivity contribution in [2.45, 2.75) is 45.2 Å². The molecule has 0 radical (unpaired) electrons. The zero-order valence-electron chi connectivity index (χ0n) is 10.9. The predicted molar refractivity (Wildman–Crippen MR) is 72.1 cm³/mol. The van der Waals surface area contributed by atoms with Gasteiger partial charge in [-0.3, -0.25) is 4.90 Å². The van der Waals surface area contributed by atoms with Crippen LogP contribution in [0.1, 0.15) is 38.3 Å². The van der Waals surface area contributed by atoms with Crippen LogP contribution in [-0.4, -0.2) is 29.5 Å². The SMILES string of the molecule is CCCNc1cccc(CN(C)C2CCC2)n1. The van der Waals surface area contributed by atoms with E-state index in [0.717, 1.165) is 31.4 Å². The summed E-state index contributed by atoms with van der Waals surface area (Å²) >= 11 is 0. The Hall–Kier alpha value is -1.09. The van der Waals surface area contributed by atoms with Crippen molar-refractivity contribution < 1.29 is 0 Å². The molecule has 0 aromatic carbocycles. The van der Waals surface area contributed by atoms with E-state index in [1.807, 2.05) is 6.07 Å². The maximum Gasteiger partial charge on any atom is 0.126 e. The lowest BCUT2D eigenvalue weighted by atomic mass is 9.92. The van der Waals surface area contributed by atoms with Crippen molar-refractivity contribution in [1.82, 2.24) is 9.88 Å². The molecule has 0 bridgehead atoms. The Morgan fingerprint density at radius 3 is 2.88 bits per heavy atom. The Bertz CT molecular complexity index is 347. The average Bonchev–Trinajstić information content (AvgIpc) is 2.24. The van der Waals surface area contributed by atoms with Gasteiger partial charge in [-0.1, -0.05) is 19.4 Å². The van der Waals surface area contributed by atoms with Gasteiger partial charge in [-0.2, -0.15) is 0 Å². The minimum Gasteiger partial charge on any atom is -0.370 e. The highest BCUT2D eigenvalue weighted by Crippen LogP contribution is 2.24. The summed E-state index contributed by atoms with van der Waals surface area (Å²) in [5.74, 6) is 1.01. The summed E-state index contributed by atoms with van der Waals surface area (Å²) in [6.07, 6.45) is 5.23. The zero-order valence-corrected chi connectivity index (χ0v) is 10.9. The van der Waals surface area contributed by atoms with Crippen molar-refractivity contribution in [3.8, 4) is 0 Å². The summed E-state index contributed by atoms with van der Waals surface area (Å²) in [5.41, 5.74) is 1.17. The Labute approximate surface area is 104 Å². The third-order valence-electron chi connectivity index (χ3n) is 3.47. The van der Waals surface area contributed by atoms with E-state index in [0.29, 0.717) is 0 Å². The zero-order chi connectivity index (χ0) is 12.1. The normalized spacial score (nSPS) is 15.9. The van der Waals surface area contributed by atoms with Gasteiger partial charge in [0.1, 0.15) is 5.82 Å². The van der Waals surface area contributed by atoms with Crippen molar-refractivity contribution in [1.29, 1.82) is 0 Å². The van der Waals surface area contributed by atoms with Crippen LogP contribution in [0.25, 0.3) is 0 Å². The maximum absolute atomic E-state index is 4.64. The second-order valence-corrected chi connectivity index (χ2v) is 4.94. The molecule has 1 aromatic rings. The molecule has 1 aliphatic rings. The summed E-state index contributed by atoms with van der Waals surface area (Å²) < 4.78 is 0. The fourth-order valence-electron chi connectivity index (χ4n) is 2.13. The Morgan fingerprint density at radius 1 is 1.41 bits per heavy atom. The van der Waals surface area contributed by atoms with Crippen LogP contribution < -0.4 is 5.32 Å². The minimum absolute atomic E-state index is 0.782.